The van der Waals surface area contributed by atoms with Gasteiger partial charge in [-0.2, -0.15) is 0 Å². The highest BCUT2D eigenvalue weighted by atomic mass is 19.4. The number of urea groups is 1. The van der Waals surface area contributed by atoms with Crippen LogP contribution in [0.15, 0.2) is 48.5 Å². The van der Waals surface area contributed by atoms with Crippen molar-refractivity contribution in [2.24, 2.45) is 17.8 Å². The molecule has 1 atom stereocenters. The molecule has 2 aromatic rings. The van der Waals surface area contributed by atoms with Gasteiger partial charge in [-0.1, -0.05) is 44.2 Å². The zero-order chi connectivity index (χ0) is 26.4. The third-order valence-electron chi connectivity index (χ3n) is 7.75. The fraction of sp³-hybridized carbons (Fsp3) is 0.500. The molecule has 2 aliphatic rings. The molecule has 2 aliphatic carbocycles. The number of carboxylic acids is 1. The van der Waals surface area contributed by atoms with Crippen molar-refractivity contribution in [3.05, 3.63) is 59.7 Å². The third kappa shape index (κ3) is 7.63. The molecule has 2 amide bonds. The summed E-state index contributed by atoms with van der Waals surface area (Å²) in [6, 6.07) is 10.7. The maximum absolute atomic E-state index is 12.9. The van der Waals surface area contributed by atoms with Gasteiger partial charge in [0.1, 0.15) is 5.75 Å². The first-order valence-electron chi connectivity index (χ1n) is 12.9. The number of anilines is 1. The summed E-state index contributed by atoms with van der Waals surface area (Å²) in [5, 5.41) is 15.0. The number of carboxylic acid groups (broad SMARTS) is 1. The van der Waals surface area contributed by atoms with E-state index in [1.165, 1.54) is 56.4 Å². The largest absolute Gasteiger partial charge is 0.573 e. The van der Waals surface area contributed by atoms with Crippen LogP contribution in [0.5, 0.6) is 5.75 Å². The number of aromatic carboxylic acids is 1. The van der Waals surface area contributed by atoms with Crippen LogP contribution in [0.1, 0.15) is 79.8 Å². The van der Waals surface area contributed by atoms with Gasteiger partial charge in [0, 0.05) is 5.69 Å². The standard InChI is InChI=1S/C28H33F3N2O4/c29-28(30,31)37-24-16-14-23(15-17-24)32-27(36)33-25(21-10-12-22(13-11-21)26(34)35)20-8-6-19(7-9-20)18-4-2-1-3-5-18/h10-20,25H,1-9H2,(H,34,35)(H2,32,33,36). The molecule has 1 unspecified atom stereocenters. The van der Waals surface area contributed by atoms with Crippen molar-refractivity contribution in [3.63, 3.8) is 0 Å². The van der Waals surface area contributed by atoms with E-state index in [0.29, 0.717) is 5.69 Å². The number of hydrogen-bond donors (Lipinski definition) is 3. The molecule has 9 heteroatoms. The van der Waals surface area contributed by atoms with Crippen LogP contribution in [0.2, 0.25) is 0 Å². The Labute approximate surface area is 214 Å². The number of carbonyl (C=O) groups is 2. The first-order valence-corrected chi connectivity index (χ1v) is 12.9. The van der Waals surface area contributed by atoms with Crippen LogP contribution in [0.4, 0.5) is 23.7 Å². The topological polar surface area (TPSA) is 87.7 Å². The number of nitrogens with one attached hydrogen (secondary N) is 2. The SMILES string of the molecule is O=C(Nc1ccc(OC(F)(F)F)cc1)NC(c1ccc(C(=O)O)cc1)C1CCC(C2CCCCC2)CC1. The van der Waals surface area contributed by atoms with Crippen LogP contribution < -0.4 is 15.4 Å². The highest BCUT2D eigenvalue weighted by Gasteiger charge is 2.34. The lowest BCUT2D eigenvalue weighted by Crippen LogP contribution is -2.38. The monoisotopic (exact) mass is 518 g/mol. The maximum atomic E-state index is 12.9. The molecular weight excluding hydrogens is 485 g/mol. The fourth-order valence-corrected chi connectivity index (χ4v) is 5.91. The predicted molar refractivity (Wildman–Crippen MR) is 133 cm³/mol. The van der Waals surface area contributed by atoms with Gasteiger partial charge in [-0.15, -0.1) is 13.2 Å². The molecule has 0 radical (unpaired) electrons. The number of benzene rings is 2. The molecule has 0 saturated heterocycles. The number of alkyl halides is 3. The van der Waals surface area contributed by atoms with Gasteiger partial charge >= 0.3 is 18.4 Å². The molecule has 4 rings (SSSR count). The second-order valence-electron chi connectivity index (χ2n) is 10.1. The van der Waals surface area contributed by atoms with E-state index in [1.807, 2.05) is 0 Å². The smallest absolute Gasteiger partial charge is 0.478 e. The van der Waals surface area contributed by atoms with E-state index < -0.39 is 18.4 Å². The Hall–Kier alpha value is -3.23. The first-order chi connectivity index (χ1) is 17.7. The zero-order valence-corrected chi connectivity index (χ0v) is 20.6. The summed E-state index contributed by atoms with van der Waals surface area (Å²) < 4.78 is 41.1. The van der Waals surface area contributed by atoms with Gasteiger partial charge in [-0.25, -0.2) is 9.59 Å². The van der Waals surface area contributed by atoms with Crippen LogP contribution >= 0.6 is 0 Å². The van der Waals surface area contributed by atoms with Gasteiger partial charge in [0.25, 0.3) is 0 Å². The van der Waals surface area contributed by atoms with E-state index in [4.69, 9.17) is 0 Å². The summed E-state index contributed by atoms with van der Waals surface area (Å²) in [6.07, 6.45) is 5.95. The molecule has 2 saturated carbocycles. The van der Waals surface area contributed by atoms with Crippen LogP contribution in [-0.4, -0.2) is 23.5 Å². The number of halogens is 3. The molecule has 0 aromatic heterocycles. The minimum atomic E-state index is -4.79. The quantitative estimate of drug-likeness (QED) is 0.353. The van der Waals surface area contributed by atoms with Gasteiger partial charge in [0.2, 0.25) is 0 Å². The van der Waals surface area contributed by atoms with Crippen molar-refractivity contribution < 1.29 is 32.6 Å². The van der Waals surface area contributed by atoms with Crippen molar-refractivity contribution in [3.8, 4) is 5.75 Å². The highest BCUT2D eigenvalue weighted by Crippen LogP contribution is 2.43. The summed E-state index contributed by atoms with van der Waals surface area (Å²) in [7, 11) is 0. The summed E-state index contributed by atoms with van der Waals surface area (Å²) in [4.78, 5) is 24.2. The molecule has 3 N–H and O–H groups in total. The van der Waals surface area contributed by atoms with Gasteiger partial charge in [0.15, 0.2) is 0 Å². The summed E-state index contributed by atoms with van der Waals surface area (Å²) in [6.45, 7) is 0. The number of hydrogen-bond acceptors (Lipinski definition) is 3. The van der Waals surface area contributed by atoms with Gasteiger partial charge in [-0.05, 0) is 85.4 Å². The van der Waals surface area contributed by atoms with Crippen molar-refractivity contribution in [1.82, 2.24) is 5.32 Å². The molecule has 37 heavy (non-hydrogen) atoms. The lowest BCUT2D eigenvalue weighted by molar-refractivity contribution is -0.274. The normalized spacial score (nSPS) is 21.6. The molecule has 0 aliphatic heterocycles. The van der Waals surface area contributed by atoms with E-state index in [2.05, 4.69) is 15.4 Å². The lowest BCUT2D eigenvalue weighted by atomic mass is 9.69. The van der Waals surface area contributed by atoms with Crippen molar-refractivity contribution >= 4 is 17.7 Å². The van der Waals surface area contributed by atoms with E-state index >= 15 is 0 Å². The Balaban J connectivity index is 1.43. The molecule has 2 aromatic carbocycles. The third-order valence-corrected chi connectivity index (χ3v) is 7.75. The fourth-order valence-electron chi connectivity index (χ4n) is 5.91. The van der Waals surface area contributed by atoms with Gasteiger partial charge < -0.3 is 20.5 Å². The van der Waals surface area contributed by atoms with Crippen LogP contribution in [-0.2, 0) is 0 Å². The summed E-state index contributed by atoms with van der Waals surface area (Å²) in [5.74, 6) is 0.328. The number of amides is 2. The average molecular weight is 519 g/mol. The summed E-state index contributed by atoms with van der Waals surface area (Å²) >= 11 is 0. The second-order valence-corrected chi connectivity index (χ2v) is 10.1. The number of ether oxygens (including phenoxy) is 1. The molecular formula is C28H33F3N2O4. The van der Waals surface area contributed by atoms with E-state index in [0.717, 1.165) is 55.2 Å². The zero-order valence-electron chi connectivity index (χ0n) is 20.6. The molecule has 0 heterocycles. The number of rotatable bonds is 7. The van der Waals surface area contributed by atoms with Crippen LogP contribution in [0, 0.1) is 17.8 Å². The molecule has 0 spiro atoms. The van der Waals surface area contributed by atoms with Crippen LogP contribution in [0.25, 0.3) is 0 Å². The number of carbonyl (C=O) groups excluding carboxylic acids is 1. The minimum absolute atomic E-state index is 0.175. The van der Waals surface area contributed by atoms with Gasteiger partial charge in [-0.3, -0.25) is 0 Å². The Morgan fingerprint density at radius 3 is 2.00 bits per heavy atom. The van der Waals surface area contributed by atoms with Gasteiger partial charge in [0.05, 0.1) is 11.6 Å². The maximum Gasteiger partial charge on any atom is 0.573 e. The molecule has 0 bridgehead atoms. The predicted octanol–water partition coefficient (Wildman–Crippen LogP) is 7.53. The Bertz CT molecular complexity index is 1040. The van der Waals surface area contributed by atoms with Crippen molar-refractivity contribution in [2.45, 2.75) is 70.2 Å². The molecule has 2 fully saturated rings. The van der Waals surface area contributed by atoms with E-state index in [1.54, 1.807) is 12.1 Å². The van der Waals surface area contributed by atoms with Crippen molar-refractivity contribution in [2.75, 3.05) is 5.32 Å². The first kappa shape index (κ1) is 26.8. The van der Waals surface area contributed by atoms with E-state index in [-0.39, 0.29) is 23.3 Å². The second kappa shape index (κ2) is 11.9. The minimum Gasteiger partial charge on any atom is -0.478 e. The Kier molecular flexibility index (Phi) is 8.61. The Morgan fingerprint density at radius 1 is 0.838 bits per heavy atom. The Morgan fingerprint density at radius 2 is 1.43 bits per heavy atom. The summed E-state index contributed by atoms with van der Waals surface area (Å²) in [5.41, 5.74) is 1.33. The highest BCUT2D eigenvalue weighted by molar-refractivity contribution is 5.90. The van der Waals surface area contributed by atoms with E-state index in [9.17, 15) is 27.9 Å². The lowest BCUT2D eigenvalue weighted by Gasteiger charge is -2.38. The molecule has 200 valence electrons. The van der Waals surface area contributed by atoms with Crippen LogP contribution in [0.3, 0.4) is 0 Å². The molecule has 6 nitrogen and oxygen atoms in total. The average Bonchev–Trinajstić information content (AvgIpc) is 2.88. The van der Waals surface area contributed by atoms with Crippen molar-refractivity contribution in [1.29, 1.82) is 0 Å².